The summed E-state index contributed by atoms with van der Waals surface area (Å²) in [6.45, 7) is 1.82. The van der Waals surface area contributed by atoms with Crippen LogP contribution in [0.5, 0.6) is 5.75 Å². The number of nitrogens with one attached hydrogen (secondary N) is 1. The molecule has 0 radical (unpaired) electrons. The Balaban J connectivity index is 2.14. The van der Waals surface area contributed by atoms with Crippen molar-refractivity contribution in [3.63, 3.8) is 0 Å². The molecule has 0 aliphatic carbocycles. The van der Waals surface area contributed by atoms with Crippen LogP contribution in [-0.2, 0) is 0 Å². The lowest BCUT2D eigenvalue weighted by atomic mass is 10.1. The van der Waals surface area contributed by atoms with Crippen LogP contribution in [0.25, 0.3) is 0 Å². The zero-order chi connectivity index (χ0) is 15.4. The van der Waals surface area contributed by atoms with Crippen LogP contribution in [0.2, 0.25) is 0 Å². The summed E-state index contributed by atoms with van der Waals surface area (Å²) in [7, 11) is 1.37. The zero-order valence-electron chi connectivity index (χ0n) is 11.9. The Morgan fingerprint density at radius 2 is 2.00 bits per heavy atom. The summed E-state index contributed by atoms with van der Waals surface area (Å²) in [5.74, 6) is -0.837. The normalized spacial score (nSPS) is 11.8. The Morgan fingerprint density at radius 1 is 1.29 bits per heavy atom. The SMILES string of the molecule is COc1ccc(C(=O)NC(C)c2ccccc2N)cc1F. The van der Waals surface area contributed by atoms with Crippen LogP contribution in [0.15, 0.2) is 42.5 Å². The third kappa shape index (κ3) is 3.31. The lowest BCUT2D eigenvalue weighted by Gasteiger charge is -2.16. The molecule has 1 unspecified atom stereocenters. The fraction of sp³-hybridized carbons (Fsp3) is 0.188. The van der Waals surface area contributed by atoms with Crippen molar-refractivity contribution >= 4 is 11.6 Å². The second-order valence-electron chi connectivity index (χ2n) is 4.67. The number of para-hydroxylation sites is 1. The molecule has 110 valence electrons. The van der Waals surface area contributed by atoms with E-state index in [4.69, 9.17) is 10.5 Å². The van der Waals surface area contributed by atoms with Gasteiger partial charge in [-0.2, -0.15) is 0 Å². The van der Waals surface area contributed by atoms with Crippen molar-refractivity contribution in [1.82, 2.24) is 5.32 Å². The monoisotopic (exact) mass is 288 g/mol. The lowest BCUT2D eigenvalue weighted by molar-refractivity contribution is 0.0939. The number of hydrogen-bond acceptors (Lipinski definition) is 3. The highest BCUT2D eigenvalue weighted by molar-refractivity contribution is 5.94. The maximum absolute atomic E-state index is 13.6. The van der Waals surface area contributed by atoms with Gasteiger partial charge in [0.1, 0.15) is 0 Å². The van der Waals surface area contributed by atoms with E-state index in [0.29, 0.717) is 5.69 Å². The molecule has 0 heterocycles. The molecular formula is C16H17FN2O2. The van der Waals surface area contributed by atoms with Gasteiger partial charge in [0, 0.05) is 11.3 Å². The van der Waals surface area contributed by atoms with E-state index in [9.17, 15) is 9.18 Å². The predicted octanol–water partition coefficient (Wildman–Crippen LogP) is 2.91. The minimum Gasteiger partial charge on any atom is -0.494 e. The summed E-state index contributed by atoms with van der Waals surface area (Å²) in [5, 5.41) is 2.79. The van der Waals surface area contributed by atoms with Gasteiger partial charge in [0.25, 0.3) is 5.91 Å². The number of hydrogen-bond donors (Lipinski definition) is 2. The van der Waals surface area contributed by atoms with Gasteiger partial charge in [-0.15, -0.1) is 0 Å². The van der Waals surface area contributed by atoms with Crippen LogP contribution in [0.1, 0.15) is 28.9 Å². The van der Waals surface area contributed by atoms with E-state index in [-0.39, 0.29) is 23.3 Å². The molecule has 0 aromatic heterocycles. The summed E-state index contributed by atoms with van der Waals surface area (Å²) >= 11 is 0. The first-order valence-corrected chi connectivity index (χ1v) is 6.51. The number of benzene rings is 2. The first kappa shape index (κ1) is 14.8. The molecule has 21 heavy (non-hydrogen) atoms. The third-order valence-corrected chi connectivity index (χ3v) is 3.22. The fourth-order valence-corrected chi connectivity index (χ4v) is 2.07. The van der Waals surface area contributed by atoms with Crippen LogP contribution in [0.3, 0.4) is 0 Å². The van der Waals surface area contributed by atoms with Gasteiger partial charge >= 0.3 is 0 Å². The highest BCUT2D eigenvalue weighted by Gasteiger charge is 2.15. The minimum absolute atomic E-state index is 0.104. The molecule has 0 fully saturated rings. The number of halogens is 1. The van der Waals surface area contributed by atoms with E-state index in [0.717, 1.165) is 11.6 Å². The first-order valence-electron chi connectivity index (χ1n) is 6.51. The Hall–Kier alpha value is -2.56. The molecule has 0 bridgehead atoms. The molecule has 1 atom stereocenters. The van der Waals surface area contributed by atoms with Gasteiger partial charge in [-0.05, 0) is 36.8 Å². The third-order valence-electron chi connectivity index (χ3n) is 3.22. The van der Waals surface area contributed by atoms with Crippen LogP contribution in [0.4, 0.5) is 10.1 Å². The standard InChI is InChI=1S/C16H17FN2O2/c1-10(12-5-3-4-6-14(12)18)19-16(20)11-7-8-15(21-2)13(17)9-11/h3-10H,18H2,1-2H3,(H,19,20). The summed E-state index contributed by atoms with van der Waals surface area (Å²) in [4.78, 5) is 12.1. The van der Waals surface area contributed by atoms with Crippen LogP contribution in [-0.4, -0.2) is 13.0 Å². The van der Waals surface area contributed by atoms with E-state index in [1.165, 1.54) is 19.2 Å². The van der Waals surface area contributed by atoms with E-state index < -0.39 is 5.82 Å². The van der Waals surface area contributed by atoms with Crippen molar-refractivity contribution < 1.29 is 13.9 Å². The molecular weight excluding hydrogens is 271 g/mol. The minimum atomic E-state index is -0.572. The second kappa shape index (κ2) is 6.26. The number of methoxy groups -OCH3 is 1. The Morgan fingerprint density at radius 3 is 2.62 bits per heavy atom. The maximum atomic E-state index is 13.6. The number of carbonyl (C=O) groups excluding carboxylic acids is 1. The number of amides is 1. The number of rotatable bonds is 4. The van der Waals surface area contributed by atoms with Crippen LogP contribution >= 0.6 is 0 Å². The Labute approximate surface area is 122 Å². The zero-order valence-corrected chi connectivity index (χ0v) is 11.9. The maximum Gasteiger partial charge on any atom is 0.251 e. The number of carbonyl (C=O) groups is 1. The van der Waals surface area contributed by atoms with E-state index >= 15 is 0 Å². The fourth-order valence-electron chi connectivity index (χ4n) is 2.07. The first-order chi connectivity index (χ1) is 10.0. The van der Waals surface area contributed by atoms with Gasteiger partial charge in [-0.25, -0.2) is 4.39 Å². The molecule has 2 aromatic rings. The van der Waals surface area contributed by atoms with Crippen molar-refractivity contribution in [2.75, 3.05) is 12.8 Å². The predicted molar refractivity (Wildman–Crippen MR) is 79.7 cm³/mol. The smallest absolute Gasteiger partial charge is 0.251 e. The molecule has 3 N–H and O–H groups in total. The lowest BCUT2D eigenvalue weighted by Crippen LogP contribution is -2.27. The molecule has 2 aromatic carbocycles. The molecule has 0 aliphatic rings. The van der Waals surface area contributed by atoms with Gasteiger partial charge in [-0.3, -0.25) is 4.79 Å². The Bertz CT molecular complexity index is 658. The van der Waals surface area contributed by atoms with Crippen molar-refractivity contribution in [1.29, 1.82) is 0 Å². The average Bonchev–Trinajstić information content (AvgIpc) is 2.47. The number of nitrogen functional groups attached to an aromatic ring is 1. The van der Waals surface area contributed by atoms with Crippen LogP contribution < -0.4 is 15.8 Å². The number of anilines is 1. The van der Waals surface area contributed by atoms with Crippen molar-refractivity contribution in [2.45, 2.75) is 13.0 Å². The molecule has 4 nitrogen and oxygen atoms in total. The van der Waals surface area contributed by atoms with Gasteiger partial charge in [0.05, 0.1) is 13.2 Å². The van der Waals surface area contributed by atoms with Gasteiger partial charge in [0.2, 0.25) is 0 Å². The quantitative estimate of drug-likeness (QED) is 0.850. The molecule has 0 saturated carbocycles. The molecule has 1 amide bonds. The largest absolute Gasteiger partial charge is 0.494 e. The summed E-state index contributed by atoms with van der Waals surface area (Å²) in [6, 6.07) is 11.1. The summed E-state index contributed by atoms with van der Waals surface area (Å²) < 4.78 is 18.4. The topological polar surface area (TPSA) is 64.3 Å². The van der Waals surface area contributed by atoms with Crippen molar-refractivity contribution in [3.8, 4) is 5.75 Å². The van der Waals surface area contributed by atoms with Gasteiger partial charge < -0.3 is 15.8 Å². The molecule has 2 rings (SSSR count). The summed E-state index contributed by atoms with van der Waals surface area (Å²) in [6.07, 6.45) is 0. The van der Waals surface area contributed by atoms with E-state index in [1.54, 1.807) is 6.07 Å². The van der Waals surface area contributed by atoms with E-state index in [2.05, 4.69) is 5.32 Å². The van der Waals surface area contributed by atoms with Crippen LogP contribution in [0, 0.1) is 5.82 Å². The molecule has 0 aliphatic heterocycles. The molecule has 0 spiro atoms. The number of ether oxygens (including phenoxy) is 1. The molecule has 5 heteroatoms. The average molecular weight is 288 g/mol. The highest BCUT2D eigenvalue weighted by atomic mass is 19.1. The van der Waals surface area contributed by atoms with E-state index in [1.807, 2.05) is 25.1 Å². The van der Waals surface area contributed by atoms with Gasteiger partial charge in [0.15, 0.2) is 11.6 Å². The highest BCUT2D eigenvalue weighted by Crippen LogP contribution is 2.21. The Kier molecular flexibility index (Phi) is 4.42. The van der Waals surface area contributed by atoms with Gasteiger partial charge in [-0.1, -0.05) is 18.2 Å². The second-order valence-corrected chi connectivity index (χ2v) is 4.67. The van der Waals surface area contributed by atoms with Crippen molar-refractivity contribution in [2.24, 2.45) is 0 Å². The molecule has 0 saturated heterocycles. The van der Waals surface area contributed by atoms with Crippen molar-refractivity contribution in [3.05, 3.63) is 59.4 Å². The summed E-state index contributed by atoms with van der Waals surface area (Å²) in [5.41, 5.74) is 7.52. The number of nitrogens with two attached hydrogens (primary N) is 1.